The molecule has 0 aliphatic carbocycles. The van der Waals surface area contributed by atoms with Crippen LogP contribution in [0.1, 0.15) is 16.8 Å². The number of hydrogen-bond acceptors (Lipinski definition) is 3. The van der Waals surface area contributed by atoms with Crippen molar-refractivity contribution in [2.24, 2.45) is 4.99 Å². The highest BCUT2D eigenvalue weighted by Crippen LogP contribution is 2.43. The van der Waals surface area contributed by atoms with Gasteiger partial charge in [-0.1, -0.05) is 65.8 Å². The predicted molar refractivity (Wildman–Crippen MR) is 116 cm³/mol. The lowest BCUT2D eigenvalue weighted by Gasteiger charge is -2.09. The van der Waals surface area contributed by atoms with Gasteiger partial charge in [-0.2, -0.15) is 5.10 Å². The Bertz CT molecular complexity index is 1190. The maximum absolute atomic E-state index is 6.12. The summed E-state index contributed by atoms with van der Waals surface area (Å²) in [5.41, 5.74) is 5.96. The molecule has 0 fully saturated rings. The first-order valence-corrected chi connectivity index (χ1v) is 10.2. The third kappa shape index (κ3) is 2.95. The molecule has 1 aromatic heterocycles. The van der Waals surface area contributed by atoms with Gasteiger partial charge in [-0.15, -0.1) is 0 Å². The molecule has 0 amide bonds. The van der Waals surface area contributed by atoms with Crippen LogP contribution in [0.4, 0.5) is 5.69 Å². The zero-order valence-electron chi connectivity index (χ0n) is 15.1. The minimum atomic E-state index is 0.713. The van der Waals surface area contributed by atoms with Gasteiger partial charge in [0.15, 0.2) is 0 Å². The molecule has 0 saturated carbocycles. The highest BCUT2D eigenvalue weighted by molar-refractivity contribution is 7.99. The summed E-state index contributed by atoms with van der Waals surface area (Å²) in [7, 11) is 0. The van der Waals surface area contributed by atoms with Gasteiger partial charge in [-0.3, -0.25) is 0 Å². The van der Waals surface area contributed by atoms with Gasteiger partial charge in [-0.05, 0) is 43.3 Å². The van der Waals surface area contributed by atoms with E-state index in [9.17, 15) is 0 Å². The maximum Gasteiger partial charge on any atom is 0.114 e. The van der Waals surface area contributed by atoms with Crippen LogP contribution in [-0.2, 0) is 0 Å². The Morgan fingerprint density at radius 2 is 1.57 bits per heavy atom. The Kier molecular flexibility index (Phi) is 4.30. The maximum atomic E-state index is 6.12. The predicted octanol–water partition coefficient (Wildman–Crippen LogP) is 6.47. The van der Waals surface area contributed by atoms with Crippen molar-refractivity contribution in [1.29, 1.82) is 0 Å². The van der Waals surface area contributed by atoms with E-state index >= 15 is 0 Å². The number of para-hydroxylation sites is 2. The molecule has 0 radical (unpaired) electrons. The molecule has 0 saturated heterocycles. The van der Waals surface area contributed by atoms with Crippen molar-refractivity contribution >= 4 is 34.8 Å². The molecule has 3 aromatic carbocycles. The number of benzene rings is 3. The van der Waals surface area contributed by atoms with Gasteiger partial charge in [0.2, 0.25) is 0 Å². The number of aromatic nitrogens is 2. The SMILES string of the molecule is Cc1nn(-c2ccccc2)c2c1C(c1ccc(Cl)cc1)=Nc1ccccc1S2. The van der Waals surface area contributed by atoms with Gasteiger partial charge in [0.25, 0.3) is 0 Å². The number of rotatable bonds is 2. The number of aryl methyl sites for hydroxylation is 1. The van der Waals surface area contributed by atoms with E-state index in [1.807, 2.05) is 66.2 Å². The third-order valence-electron chi connectivity index (χ3n) is 4.68. The molecule has 0 N–H and O–H groups in total. The molecule has 2 heterocycles. The van der Waals surface area contributed by atoms with Crippen molar-refractivity contribution in [3.05, 3.63) is 101 Å². The summed E-state index contributed by atoms with van der Waals surface area (Å²) >= 11 is 7.83. The summed E-state index contributed by atoms with van der Waals surface area (Å²) in [6.07, 6.45) is 0. The molecule has 5 rings (SSSR count). The summed E-state index contributed by atoms with van der Waals surface area (Å²) in [5.74, 6) is 0. The smallest absolute Gasteiger partial charge is 0.114 e. The second-order valence-corrected chi connectivity index (χ2v) is 8.02. The van der Waals surface area contributed by atoms with Gasteiger partial charge < -0.3 is 0 Å². The number of fused-ring (bicyclic) bond motifs is 2. The zero-order valence-corrected chi connectivity index (χ0v) is 16.7. The normalized spacial score (nSPS) is 12.7. The summed E-state index contributed by atoms with van der Waals surface area (Å²) in [6, 6.07) is 26.3. The van der Waals surface area contributed by atoms with E-state index in [2.05, 4.69) is 24.3 Å². The van der Waals surface area contributed by atoms with E-state index in [-0.39, 0.29) is 0 Å². The minimum Gasteiger partial charge on any atom is -0.246 e. The highest BCUT2D eigenvalue weighted by atomic mass is 35.5. The minimum absolute atomic E-state index is 0.713. The molecule has 0 unspecified atom stereocenters. The van der Waals surface area contributed by atoms with Crippen LogP contribution in [0.25, 0.3) is 5.69 Å². The molecule has 4 aromatic rings. The Morgan fingerprint density at radius 3 is 2.36 bits per heavy atom. The molecule has 136 valence electrons. The topological polar surface area (TPSA) is 30.2 Å². The Labute approximate surface area is 172 Å². The lowest BCUT2D eigenvalue weighted by atomic mass is 10.0. The van der Waals surface area contributed by atoms with Crippen molar-refractivity contribution in [2.45, 2.75) is 16.8 Å². The highest BCUT2D eigenvalue weighted by Gasteiger charge is 2.26. The van der Waals surface area contributed by atoms with E-state index in [0.717, 1.165) is 43.8 Å². The monoisotopic (exact) mass is 401 g/mol. The Hall–Kier alpha value is -2.82. The number of halogens is 1. The fourth-order valence-electron chi connectivity index (χ4n) is 3.35. The van der Waals surface area contributed by atoms with E-state index in [4.69, 9.17) is 21.7 Å². The van der Waals surface area contributed by atoms with Crippen LogP contribution in [-0.4, -0.2) is 15.5 Å². The molecule has 1 aliphatic heterocycles. The number of hydrogen-bond donors (Lipinski definition) is 0. The van der Waals surface area contributed by atoms with E-state index in [0.29, 0.717) is 5.02 Å². The first-order chi connectivity index (χ1) is 13.7. The van der Waals surface area contributed by atoms with Crippen LogP contribution in [0, 0.1) is 6.92 Å². The van der Waals surface area contributed by atoms with Crippen LogP contribution in [0.2, 0.25) is 5.02 Å². The van der Waals surface area contributed by atoms with Crippen LogP contribution in [0.5, 0.6) is 0 Å². The van der Waals surface area contributed by atoms with E-state index in [1.165, 1.54) is 0 Å². The lowest BCUT2D eigenvalue weighted by molar-refractivity contribution is 0.793. The van der Waals surface area contributed by atoms with Crippen molar-refractivity contribution in [3.63, 3.8) is 0 Å². The average Bonchev–Trinajstić information content (AvgIpc) is 2.94. The van der Waals surface area contributed by atoms with E-state index < -0.39 is 0 Å². The molecule has 0 atom stereocenters. The Morgan fingerprint density at radius 1 is 0.857 bits per heavy atom. The molecule has 28 heavy (non-hydrogen) atoms. The molecule has 1 aliphatic rings. The van der Waals surface area contributed by atoms with Gasteiger partial charge in [0.1, 0.15) is 5.03 Å². The quantitative estimate of drug-likeness (QED) is 0.339. The molecular formula is C23H16ClN3S. The van der Waals surface area contributed by atoms with Crippen LogP contribution in [0.15, 0.2) is 93.8 Å². The Balaban J connectivity index is 1.80. The van der Waals surface area contributed by atoms with Crippen LogP contribution in [0.3, 0.4) is 0 Å². The molecular weight excluding hydrogens is 386 g/mol. The largest absolute Gasteiger partial charge is 0.246 e. The number of aliphatic imine (C=N–C) groups is 1. The van der Waals surface area contributed by atoms with Crippen molar-refractivity contribution < 1.29 is 0 Å². The fraction of sp³-hybridized carbons (Fsp3) is 0.0435. The summed E-state index contributed by atoms with van der Waals surface area (Å²) in [4.78, 5) is 6.16. The van der Waals surface area contributed by atoms with Gasteiger partial charge in [-0.25, -0.2) is 9.67 Å². The summed E-state index contributed by atoms with van der Waals surface area (Å²) in [6.45, 7) is 2.04. The molecule has 0 bridgehead atoms. The van der Waals surface area contributed by atoms with Crippen molar-refractivity contribution in [3.8, 4) is 5.69 Å². The molecule has 0 spiro atoms. The zero-order chi connectivity index (χ0) is 19.1. The first-order valence-electron chi connectivity index (χ1n) is 8.97. The van der Waals surface area contributed by atoms with Gasteiger partial charge in [0, 0.05) is 15.5 Å². The van der Waals surface area contributed by atoms with Crippen molar-refractivity contribution in [1.82, 2.24) is 9.78 Å². The summed E-state index contributed by atoms with van der Waals surface area (Å²) < 4.78 is 2.02. The standard InChI is InChI=1S/C23H16ClN3S/c1-15-21-22(16-11-13-17(24)14-12-16)25-19-9-5-6-10-20(19)28-23(21)27(26-15)18-7-3-2-4-8-18/h2-14H,1H3. The van der Waals surface area contributed by atoms with Crippen LogP contribution < -0.4 is 0 Å². The van der Waals surface area contributed by atoms with Gasteiger partial charge in [0.05, 0.1) is 28.3 Å². The first kappa shape index (κ1) is 17.3. The van der Waals surface area contributed by atoms with Gasteiger partial charge >= 0.3 is 0 Å². The van der Waals surface area contributed by atoms with E-state index in [1.54, 1.807) is 11.8 Å². The lowest BCUT2D eigenvalue weighted by Crippen LogP contribution is -2.05. The number of nitrogens with zero attached hydrogens (tertiary/aromatic N) is 3. The second kappa shape index (κ2) is 6.97. The summed E-state index contributed by atoms with van der Waals surface area (Å²) in [5, 5.41) is 6.64. The third-order valence-corrected chi connectivity index (χ3v) is 6.06. The van der Waals surface area contributed by atoms with Crippen molar-refractivity contribution in [2.75, 3.05) is 0 Å². The van der Waals surface area contributed by atoms with Crippen LogP contribution >= 0.6 is 23.4 Å². The average molecular weight is 402 g/mol. The second-order valence-electron chi connectivity index (χ2n) is 6.55. The molecule has 5 heteroatoms. The fourth-order valence-corrected chi connectivity index (χ4v) is 4.63. The molecule has 3 nitrogen and oxygen atoms in total.